The van der Waals surface area contributed by atoms with Gasteiger partial charge in [0.1, 0.15) is 0 Å². The van der Waals surface area contributed by atoms with Crippen molar-refractivity contribution >= 4 is 29.3 Å². The van der Waals surface area contributed by atoms with Crippen molar-refractivity contribution in [3.05, 3.63) is 70.7 Å². The Morgan fingerprint density at radius 1 is 1.20 bits per heavy atom. The summed E-state index contributed by atoms with van der Waals surface area (Å²) < 4.78 is 0. The number of carbonyl (C=O) groups is 1. The molecule has 3 atom stereocenters. The number of hydrogen-bond acceptors (Lipinski definition) is 3. The molecule has 2 aromatic rings. The summed E-state index contributed by atoms with van der Waals surface area (Å²) in [7, 11) is 0. The van der Waals surface area contributed by atoms with Crippen LogP contribution in [-0.4, -0.2) is 28.9 Å². The van der Waals surface area contributed by atoms with E-state index in [9.17, 15) is 4.79 Å². The fourth-order valence-corrected chi connectivity index (χ4v) is 4.42. The smallest absolute Gasteiger partial charge is 0.227 e. The van der Waals surface area contributed by atoms with Crippen molar-refractivity contribution in [1.29, 1.82) is 0 Å². The molecule has 0 aliphatic carbocycles. The van der Waals surface area contributed by atoms with Gasteiger partial charge in [-0.25, -0.2) is 0 Å². The summed E-state index contributed by atoms with van der Waals surface area (Å²) in [5.41, 5.74) is 8.51. The molecule has 3 nitrogen and oxygen atoms in total. The van der Waals surface area contributed by atoms with Crippen LogP contribution in [-0.2, 0) is 4.79 Å². The lowest BCUT2D eigenvalue weighted by Gasteiger charge is -2.38. The first-order chi connectivity index (χ1) is 12.1. The minimum Gasteiger partial charge on any atom is -0.334 e. The first-order valence-corrected chi connectivity index (χ1v) is 10.1. The van der Waals surface area contributed by atoms with Gasteiger partial charge in [0, 0.05) is 29.1 Å². The maximum Gasteiger partial charge on any atom is 0.227 e. The fourth-order valence-electron chi connectivity index (χ4n) is 3.21. The van der Waals surface area contributed by atoms with Gasteiger partial charge in [-0.3, -0.25) is 4.79 Å². The molecule has 1 amide bonds. The van der Waals surface area contributed by atoms with Crippen LogP contribution < -0.4 is 5.73 Å². The van der Waals surface area contributed by atoms with Crippen molar-refractivity contribution in [2.24, 2.45) is 11.7 Å². The highest BCUT2D eigenvalue weighted by atomic mass is 35.5. The number of rotatable bonds is 4. The molecule has 0 radical (unpaired) electrons. The van der Waals surface area contributed by atoms with Crippen LogP contribution in [0.5, 0.6) is 0 Å². The molecule has 2 aromatic carbocycles. The van der Waals surface area contributed by atoms with E-state index in [0.717, 1.165) is 29.2 Å². The zero-order chi connectivity index (χ0) is 17.8. The molecule has 132 valence electrons. The van der Waals surface area contributed by atoms with Crippen LogP contribution in [0.1, 0.15) is 30.1 Å². The maximum atomic E-state index is 13.2. The summed E-state index contributed by atoms with van der Waals surface area (Å²) in [4.78, 5) is 15.2. The second-order valence-electron chi connectivity index (χ2n) is 6.40. The van der Waals surface area contributed by atoms with Crippen LogP contribution >= 0.6 is 23.4 Å². The van der Waals surface area contributed by atoms with E-state index < -0.39 is 0 Å². The van der Waals surface area contributed by atoms with E-state index in [1.54, 1.807) is 0 Å². The molecule has 1 aliphatic heterocycles. The molecule has 0 saturated carbocycles. The van der Waals surface area contributed by atoms with Gasteiger partial charge in [0.15, 0.2) is 0 Å². The van der Waals surface area contributed by atoms with Crippen LogP contribution in [0.4, 0.5) is 0 Å². The van der Waals surface area contributed by atoms with E-state index in [2.05, 4.69) is 0 Å². The number of thioether (sulfide) groups is 1. The molecule has 1 saturated heterocycles. The minimum absolute atomic E-state index is 0.0777. The minimum atomic E-state index is -0.297. The average Bonchev–Trinajstić information content (AvgIpc) is 2.67. The average molecular weight is 375 g/mol. The molecule has 2 N–H and O–H groups in total. The Balaban J connectivity index is 1.79. The molecule has 1 fully saturated rings. The SMILES string of the molecule is CC(C(=O)N1CCSCC1c1ccc(Cl)cc1)C(N)c1ccccc1. The molecule has 3 rings (SSSR count). The fraction of sp³-hybridized carbons (Fsp3) is 0.350. The third-order valence-corrected chi connectivity index (χ3v) is 6.05. The molecule has 1 aliphatic rings. The maximum absolute atomic E-state index is 13.2. The van der Waals surface area contributed by atoms with E-state index in [0.29, 0.717) is 5.02 Å². The molecular formula is C20H23ClN2OS. The van der Waals surface area contributed by atoms with Crippen molar-refractivity contribution < 1.29 is 4.79 Å². The molecule has 25 heavy (non-hydrogen) atoms. The van der Waals surface area contributed by atoms with Crippen LogP contribution in [0.2, 0.25) is 5.02 Å². The molecule has 1 heterocycles. The molecule has 3 unspecified atom stereocenters. The lowest BCUT2D eigenvalue weighted by atomic mass is 9.93. The summed E-state index contributed by atoms with van der Waals surface area (Å²) in [6.45, 7) is 2.68. The molecular weight excluding hydrogens is 352 g/mol. The Hall–Kier alpha value is -1.49. The van der Waals surface area contributed by atoms with Gasteiger partial charge in [-0.05, 0) is 23.3 Å². The number of amides is 1. The third-order valence-electron chi connectivity index (χ3n) is 4.78. The number of benzene rings is 2. The second-order valence-corrected chi connectivity index (χ2v) is 7.99. The molecule has 0 aromatic heterocycles. The third kappa shape index (κ3) is 4.20. The van der Waals surface area contributed by atoms with Crippen molar-refractivity contribution in [3.63, 3.8) is 0 Å². The highest BCUT2D eigenvalue weighted by Crippen LogP contribution is 2.33. The number of hydrogen-bond donors (Lipinski definition) is 1. The van der Waals surface area contributed by atoms with Crippen molar-refractivity contribution in [1.82, 2.24) is 4.90 Å². The van der Waals surface area contributed by atoms with E-state index in [-0.39, 0.29) is 23.9 Å². The summed E-state index contributed by atoms with van der Waals surface area (Å²) in [6, 6.07) is 17.4. The summed E-state index contributed by atoms with van der Waals surface area (Å²) >= 11 is 7.89. The van der Waals surface area contributed by atoms with Gasteiger partial charge >= 0.3 is 0 Å². The predicted octanol–water partition coefficient (Wildman–Crippen LogP) is 4.29. The Kier molecular flexibility index (Phi) is 6.05. The number of halogens is 1. The highest BCUT2D eigenvalue weighted by Gasteiger charge is 2.33. The zero-order valence-corrected chi connectivity index (χ0v) is 15.8. The number of nitrogens with two attached hydrogens (primary N) is 1. The Labute approximate surface area is 158 Å². The predicted molar refractivity (Wildman–Crippen MR) is 106 cm³/mol. The zero-order valence-electron chi connectivity index (χ0n) is 14.3. The molecule has 0 bridgehead atoms. The quantitative estimate of drug-likeness (QED) is 0.868. The first-order valence-electron chi connectivity index (χ1n) is 8.52. The van der Waals surface area contributed by atoms with Crippen LogP contribution in [0.3, 0.4) is 0 Å². The number of nitrogens with zero attached hydrogens (tertiary/aromatic N) is 1. The number of carbonyl (C=O) groups excluding carboxylic acids is 1. The van der Waals surface area contributed by atoms with Crippen molar-refractivity contribution in [2.45, 2.75) is 19.0 Å². The summed E-state index contributed by atoms with van der Waals surface area (Å²) in [6.07, 6.45) is 0. The van der Waals surface area contributed by atoms with Gasteiger partial charge < -0.3 is 10.6 Å². The van der Waals surface area contributed by atoms with Gasteiger partial charge in [0.2, 0.25) is 5.91 Å². The standard InChI is InChI=1S/C20H23ClN2OS/c1-14(19(22)16-5-3-2-4-6-16)20(24)23-11-12-25-13-18(23)15-7-9-17(21)10-8-15/h2-10,14,18-19H,11-13,22H2,1H3. The van der Waals surface area contributed by atoms with Gasteiger partial charge in [-0.15, -0.1) is 0 Å². The van der Waals surface area contributed by atoms with Gasteiger partial charge in [0.05, 0.1) is 12.0 Å². The molecule has 5 heteroatoms. The van der Waals surface area contributed by atoms with E-state index in [1.165, 1.54) is 0 Å². The van der Waals surface area contributed by atoms with Crippen LogP contribution in [0.25, 0.3) is 0 Å². The van der Waals surface area contributed by atoms with Crippen molar-refractivity contribution in [3.8, 4) is 0 Å². The summed E-state index contributed by atoms with van der Waals surface area (Å²) in [5.74, 6) is 1.72. The lowest BCUT2D eigenvalue weighted by Crippen LogP contribution is -2.45. The van der Waals surface area contributed by atoms with Gasteiger partial charge in [0.25, 0.3) is 0 Å². The Morgan fingerprint density at radius 2 is 1.88 bits per heavy atom. The summed E-state index contributed by atoms with van der Waals surface area (Å²) in [5, 5.41) is 0.713. The van der Waals surface area contributed by atoms with E-state index >= 15 is 0 Å². The topological polar surface area (TPSA) is 46.3 Å². The van der Waals surface area contributed by atoms with Crippen molar-refractivity contribution in [2.75, 3.05) is 18.1 Å². The second kappa shape index (κ2) is 8.26. The lowest BCUT2D eigenvalue weighted by molar-refractivity contribution is -0.137. The Morgan fingerprint density at radius 3 is 2.56 bits per heavy atom. The van der Waals surface area contributed by atoms with E-state index in [4.69, 9.17) is 17.3 Å². The monoisotopic (exact) mass is 374 g/mol. The highest BCUT2D eigenvalue weighted by molar-refractivity contribution is 7.99. The normalized spacial score (nSPS) is 20.1. The van der Waals surface area contributed by atoms with Crippen LogP contribution in [0, 0.1) is 5.92 Å². The largest absolute Gasteiger partial charge is 0.334 e. The first kappa shape index (κ1) is 18.3. The van der Waals surface area contributed by atoms with Gasteiger partial charge in [-0.2, -0.15) is 11.8 Å². The molecule has 0 spiro atoms. The van der Waals surface area contributed by atoms with Gasteiger partial charge in [-0.1, -0.05) is 61.0 Å². The van der Waals surface area contributed by atoms with Crippen LogP contribution in [0.15, 0.2) is 54.6 Å². The van der Waals surface area contributed by atoms with E-state index in [1.807, 2.05) is 78.2 Å². The Bertz CT molecular complexity index is 707.